The van der Waals surface area contributed by atoms with Crippen LogP contribution in [0.15, 0.2) is 48.5 Å². The van der Waals surface area contributed by atoms with Crippen LogP contribution in [0.2, 0.25) is 5.02 Å². The highest BCUT2D eigenvalue weighted by molar-refractivity contribution is 6.30. The molecule has 0 saturated carbocycles. The van der Waals surface area contributed by atoms with Gasteiger partial charge in [0.25, 0.3) is 0 Å². The number of hydrogen-bond acceptors (Lipinski definition) is 2. The van der Waals surface area contributed by atoms with E-state index in [1.54, 1.807) is 0 Å². The Hall–Kier alpha value is -1.51. The number of nitrogens with one attached hydrogen (secondary N) is 1. The van der Waals surface area contributed by atoms with Crippen molar-refractivity contribution < 1.29 is 4.74 Å². The van der Waals surface area contributed by atoms with Crippen molar-refractivity contribution in [3.05, 3.63) is 64.7 Å². The molecule has 0 saturated heterocycles. The van der Waals surface area contributed by atoms with Crippen molar-refractivity contribution in [2.24, 2.45) is 0 Å². The Morgan fingerprint density at radius 1 is 1.11 bits per heavy atom. The SMILES string of the molecule is Cc1cccc(NCCOCc2cccc(Cl)c2)c1. The molecule has 0 heterocycles. The van der Waals surface area contributed by atoms with E-state index in [1.165, 1.54) is 5.56 Å². The second kappa shape index (κ2) is 7.17. The summed E-state index contributed by atoms with van der Waals surface area (Å²) < 4.78 is 5.61. The minimum atomic E-state index is 0.593. The fraction of sp³-hybridized carbons (Fsp3) is 0.250. The number of hydrogen-bond donors (Lipinski definition) is 1. The summed E-state index contributed by atoms with van der Waals surface area (Å²) in [6, 6.07) is 16.1. The highest BCUT2D eigenvalue weighted by atomic mass is 35.5. The van der Waals surface area contributed by atoms with Crippen molar-refractivity contribution in [3.8, 4) is 0 Å². The normalized spacial score (nSPS) is 10.4. The number of ether oxygens (including phenoxy) is 1. The first-order valence-electron chi connectivity index (χ1n) is 6.37. The van der Waals surface area contributed by atoms with Gasteiger partial charge in [0, 0.05) is 17.3 Å². The third-order valence-corrected chi connectivity index (χ3v) is 2.99. The van der Waals surface area contributed by atoms with Crippen LogP contribution in [0.1, 0.15) is 11.1 Å². The summed E-state index contributed by atoms with van der Waals surface area (Å²) in [6.07, 6.45) is 0. The largest absolute Gasteiger partial charge is 0.383 e. The second-order valence-electron chi connectivity index (χ2n) is 4.48. The summed E-state index contributed by atoms with van der Waals surface area (Å²) in [5, 5.41) is 4.08. The van der Waals surface area contributed by atoms with E-state index in [2.05, 4.69) is 30.4 Å². The van der Waals surface area contributed by atoms with Gasteiger partial charge in [-0.3, -0.25) is 0 Å². The highest BCUT2D eigenvalue weighted by Crippen LogP contribution is 2.11. The predicted octanol–water partition coefficient (Wildman–Crippen LogP) is 4.28. The molecule has 19 heavy (non-hydrogen) atoms. The van der Waals surface area contributed by atoms with Crippen LogP contribution in [-0.4, -0.2) is 13.2 Å². The highest BCUT2D eigenvalue weighted by Gasteiger charge is 1.95. The Labute approximate surface area is 119 Å². The van der Waals surface area contributed by atoms with Gasteiger partial charge >= 0.3 is 0 Å². The zero-order valence-corrected chi connectivity index (χ0v) is 11.8. The molecule has 0 amide bonds. The molecule has 2 aromatic carbocycles. The molecule has 1 N–H and O–H groups in total. The molecule has 100 valence electrons. The fourth-order valence-corrected chi connectivity index (χ4v) is 2.05. The lowest BCUT2D eigenvalue weighted by atomic mass is 10.2. The minimum absolute atomic E-state index is 0.593. The molecule has 0 atom stereocenters. The molecule has 3 heteroatoms. The number of aryl methyl sites for hydroxylation is 1. The van der Waals surface area contributed by atoms with Crippen LogP contribution in [0.4, 0.5) is 5.69 Å². The second-order valence-corrected chi connectivity index (χ2v) is 4.92. The van der Waals surface area contributed by atoms with E-state index in [1.807, 2.05) is 30.3 Å². The molecule has 0 spiro atoms. The minimum Gasteiger partial charge on any atom is -0.383 e. The van der Waals surface area contributed by atoms with Gasteiger partial charge in [-0.15, -0.1) is 0 Å². The lowest BCUT2D eigenvalue weighted by Crippen LogP contribution is -2.09. The fourth-order valence-electron chi connectivity index (χ4n) is 1.84. The van der Waals surface area contributed by atoms with E-state index < -0.39 is 0 Å². The molecular formula is C16H18ClNO. The molecule has 0 aromatic heterocycles. The Kier molecular flexibility index (Phi) is 5.25. The van der Waals surface area contributed by atoms with E-state index in [0.29, 0.717) is 13.2 Å². The summed E-state index contributed by atoms with van der Waals surface area (Å²) in [5.41, 5.74) is 3.49. The van der Waals surface area contributed by atoms with Gasteiger partial charge in [0.2, 0.25) is 0 Å². The summed E-state index contributed by atoms with van der Waals surface area (Å²) in [7, 11) is 0. The van der Waals surface area contributed by atoms with E-state index in [4.69, 9.17) is 16.3 Å². The van der Waals surface area contributed by atoms with Gasteiger partial charge in [-0.1, -0.05) is 35.9 Å². The number of benzene rings is 2. The third kappa shape index (κ3) is 4.93. The lowest BCUT2D eigenvalue weighted by Gasteiger charge is -2.08. The summed E-state index contributed by atoms with van der Waals surface area (Å²) in [4.78, 5) is 0. The molecule has 2 rings (SSSR count). The van der Waals surface area contributed by atoms with Crippen LogP contribution in [0, 0.1) is 6.92 Å². The molecule has 2 nitrogen and oxygen atoms in total. The topological polar surface area (TPSA) is 21.3 Å². The van der Waals surface area contributed by atoms with E-state index in [9.17, 15) is 0 Å². The summed E-state index contributed by atoms with van der Waals surface area (Å²) in [5.74, 6) is 0. The Morgan fingerprint density at radius 3 is 2.74 bits per heavy atom. The Balaban J connectivity index is 1.67. The maximum absolute atomic E-state index is 5.91. The van der Waals surface area contributed by atoms with Crippen molar-refractivity contribution in [1.82, 2.24) is 0 Å². The quantitative estimate of drug-likeness (QED) is 0.795. The van der Waals surface area contributed by atoms with Crippen LogP contribution >= 0.6 is 11.6 Å². The van der Waals surface area contributed by atoms with Crippen LogP contribution in [0.5, 0.6) is 0 Å². The van der Waals surface area contributed by atoms with Crippen molar-refractivity contribution >= 4 is 17.3 Å². The Bertz CT molecular complexity index is 480. The maximum Gasteiger partial charge on any atom is 0.0718 e. The van der Waals surface area contributed by atoms with Crippen molar-refractivity contribution in [2.75, 3.05) is 18.5 Å². The standard InChI is InChI=1S/C16H18ClNO/c1-13-4-2-7-16(10-13)18-8-9-19-12-14-5-3-6-15(17)11-14/h2-7,10-11,18H,8-9,12H2,1H3. The zero-order valence-electron chi connectivity index (χ0n) is 11.0. The molecule has 0 bridgehead atoms. The van der Waals surface area contributed by atoms with Gasteiger partial charge in [0.15, 0.2) is 0 Å². The number of halogens is 1. The first-order chi connectivity index (χ1) is 9.24. The lowest BCUT2D eigenvalue weighted by molar-refractivity contribution is 0.130. The monoisotopic (exact) mass is 275 g/mol. The molecule has 0 radical (unpaired) electrons. The molecule has 0 aliphatic carbocycles. The maximum atomic E-state index is 5.91. The Morgan fingerprint density at radius 2 is 1.95 bits per heavy atom. The average molecular weight is 276 g/mol. The van der Waals surface area contributed by atoms with Gasteiger partial charge in [0.05, 0.1) is 13.2 Å². The molecular weight excluding hydrogens is 258 g/mol. The molecule has 0 unspecified atom stereocenters. The van der Waals surface area contributed by atoms with Crippen LogP contribution < -0.4 is 5.32 Å². The average Bonchev–Trinajstić information content (AvgIpc) is 2.38. The van der Waals surface area contributed by atoms with Gasteiger partial charge in [-0.2, -0.15) is 0 Å². The van der Waals surface area contributed by atoms with Crippen molar-refractivity contribution in [1.29, 1.82) is 0 Å². The molecule has 0 aliphatic heterocycles. The van der Waals surface area contributed by atoms with Gasteiger partial charge < -0.3 is 10.1 Å². The van der Waals surface area contributed by atoms with E-state index in [0.717, 1.165) is 22.8 Å². The first kappa shape index (κ1) is 13.9. The molecule has 0 aliphatic rings. The first-order valence-corrected chi connectivity index (χ1v) is 6.74. The van der Waals surface area contributed by atoms with Crippen LogP contribution in [0.25, 0.3) is 0 Å². The number of rotatable bonds is 6. The van der Waals surface area contributed by atoms with Gasteiger partial charge in [0.1, 0.15) is 0 Å². The van der Waals surface area contributed by atoms with Crippen molar-refractivity contribution in [3.63, 3.8) is 0 Å². The van der Waals surface area contributed by atoms with Crippen molar-refractivity contribution in [2.45, 2.75) is 13.5 Å². The predicted molar refractivity (Wildman–Crippen MR) is 80.8 cm³/mol. The summed E-state index contributed by atoms with van der Waals surface area (Å²) in [6.45, 7) is 4.14. The van der Waals surface area contributed by atoms with E-state index >= 15 is 0 Å². The third-order valence-electron chi connectivity index (χ3n) is 2.75. The number of anilines is 1. The zero-order chi connectivity index (χ0) is 13.5. The van der Waals surface area contributed by atoms with Crippen LogP contribution in [0.3, 0.4) is 0 Å². The molecule has 2 aromatic rings. The van der Waals surface area contributed by atoms with Crippen LogP contribution in [-0.2, 0) is 11.3 Å². The van der Waals surface area contributed by atoms with Gasteiger partial charge in [-0.05, 0) is 42.3 Å². The molecule has 0 fully saturated rings. The van der Waals surface area contributed by atoms with E-state index in [-0.39, 0.29) is 0 Å². The summed E-state index contributed by atoms with van der Waals surface area (Å²) >= 11 is 5.91. The van der Waals surface area contributed by atoms with Gasteiger partial charge in [-0.25, -0.2) is 0 Å². The smallest absolute Gasteiger partial charge is 0.0718 e.